The van der Waals surface area contributed by atoms with E-state index in [-0.39, 0.29) is 11.3 Å². The second-order valence-electron chi connectivity index (χ2n) is 7.99. The summed E-state index contributed by atoms with van der Waals surface area (Å²) in [5.74, 6) is -2.96. The summed E-state index contributed by atoms with van der Waals surface area (Å²) in [6, 6.07) is 6.81. The molecule has 1 amide bonds. The van der Waals surface area contributed by atoms with Crippen LogP contribution < -0.4 is 10.1 Å². The summed E-state index contributed by atoms with van der Waals surface area (Å²) in [6.07, 6.45) is -3.59. The Labute approximate surface area is 187 Å². The molecule has 1 atom stereocenters. The topological polar surface area (TPSA) is 89.3 Å². The predicted molar refractivity (Wildman–Crippen MR) is 111 cm³/mol. The maximum Gasteiger partial charge on any atom is 0.573 e. The Bertz CT molecular complexity index is 1170. The molecule has 1 aromatic carbocycles. The lowest BCUT2D eigenvalue weighted by Crippen LogP contribution is -2.42. The van der Waals surface area contributed by atoms with Gasteiger partial charge in [0.15, 0.2) is 11.6 Å². The molecule has 0 fully saturated rings. The van der Waals surface area contributed by atoms with Crippen LogP contribution in [0.25, 0.3) is 11.3 Å². The van der Waals surface area contributed by atoms with E-state index < -0.39 is 35.5 Å². The molecular formula is C22H22F4N4O3. The third kappa shape index (κ3) is 5.67. The first-order valence-electron chi connectivity index (χ1n) is 9.80. The second kappa shape index (κ2) is 8.81. The van der Waals surface area contributed by atoms with E-state index in [1.807, 2.05) is 0 Å². The van der Waals surface area contributed by atoms with Crippen LogP contribution in [0, 0.1) is 12.7 Å². The Morgan fingerprint density at radius 1 is 1.21 bits per heavy atom. The quantitative estimate of drug-likeness (QED) is 0.535. The normalized spacial score (nSPS) is 13.0. The van der Waals surface area contributed by atoms with E-state index >= 15 is 0 Å². The van der Waals surface area contributed by atoms with Crippen molar-refractivity contribution in [3.05, 3.63) is 65.4 Å². The minimum atomic E-state index is -5.06. The maximum absolute atomic E-state index is 14.3. The smallest absolute Gasteiger partial charge is 0.403 e. The van der Waals surface area contributed by atoms with Gasteiger partial charge in [-0.3, -0.25) is 14.5 Å². The van der Waals surface area contributed by atoms with Gasteiger partial charge >= 0.3 is 6.36 Å². The summed E-state index contributed by atoms with van der Waals surface area (Å²) in [5, 5.41) is 17.4. The molecule has 11 heteroatoms. The van der Waals surface area contributed by atoms with Crippen molar-refractivity contribution < 1.29 is 32.2 Å². The van der Waals surface area contributed by atoms with Crippen LogP contribution in [0.5, 0.6) is 5.75 Å². The first-order valence-corrected chi connectivity index (χ1v) is 9.80. The number of aromatic nitrogens is 3. The van der Waals surface area contributed by atoms with Gasteiger partial charge in [0.2, 0.25) is 0 Å². The highest BCUT2D eigenvalue weighted by Gasteiger charge is 2.35. The summed E-state index contributed by atoms with van der Waals surface area (Å²) in [7, 11) is 1.55. The van der Waals surface area contributed by atoms with Crippen LogP contribution in [-0.4, -0.2) is 37.7 Å². The van der Waals surface area contributed by atoms with Gasteiger partial charge in [0.05, 0.1) is 29.1 Å². The van der Waals surface area contributed by atoms with Crippen molar-refractivity contribution in [2.45, 2.75) is 38.8 Å². The van der Waals surface area contributed by atoms with Crippen LogP contribution in [-0.2, 0) is 7.05 Å². The van der Waals surface area contributed by atoms with Gasteiger partial charge in [0.25, 0.3) is 5.91 Å². The molecular weight excluding hydrogens is 444 g/mol. The number of hydrogen-bond donors (Lipinski definition) is 2. The zero-order chi connectivity index (χ0) is 24.6. The standard InChI is InChI=1S/C22H22F4N4O3/c1-12-6-5-7-16(28-12)14-11-27-30(4)18(14)20(31)29-19(21(2,3)32)13-8-9-17(15(23)10-13)33-22(24,25)26/h5-11,19,32H,1-4H3,(H,29,31)/t19-/m0/s1. The van der Waals surface area contributed by atoms with Gasteiger partial charge in [-0.25, -0.2) is 4.39 Å². The average molecular weight is 466 g/mol. The highest BCUT2D eigenvalue weighted by atomic mass is 19.4. The molecule has 0 aliphatic heterocycles. The fraction of sp³-hybridized carbons (Fsp3) is 0.318. The van der Waals surface area contributed by atoms with E-state index in [9.17, 15) is 27.5 Å². The highest BCUT2D eigenvalue weighted by Crippen LogP contribution is 2.32. The van der Waals surface area contributed by atoms with Crippen LogP contribution in [0.2, 0.25) is 0 Å². The zero-order valence-electron chi connectivity index (χ0n) is 18.2. The molecule has 7 nitrogen and oxygen atoms in total. The third-order valence-electron chi connectivity index (χ3n) is 4.81. The van der Waals surface area contributed by atoms with Crippen LogP contribution in [0.4, 0.5) is 17.6 Å². The Hall–Kier alpha value is -3.47. The number of nitrogens with zero attached hydrogens (tertiary/aromatic N) is 3. The van der Waals surface area contributed by atoms with E-state index in [4.69, 9.17) is 0 Å². The molecule has 0 spiro atoms. The van der Waals surface area contributed by atoms with Gasteiger partial charge in [-0.15, -0.1) is 13.2 Å². The number of aryl methyl sites for hydroxylation is 2. The fourth-order valence-electron chi connectivity index (χ4n) is 3.36. The van der Waals surface area contributed by atoms with Gasteiger partial charge in [-0.1, -0.05) is 12.1 Å². The van der Waals surface area contributed by atoms with Crippen LogP contribution in [0.15, 0.2) is 42.6 Å². The van der Waals surface area contributed by atoms with E-state index in [1.165, 1.54) is 24.7 Å². The third-order valence-corrected chi connectivity index (χ3v) is 4.81. The SMILES string of the molecule is Cc1cccc(-c2cnn(C)c2C(=O)N[C@@H](c2ccc(OC(F)(F)F)c(F)c2)C(C)(C)O)n1. The monoisotopic (exact) mass is 466 g/mol. The zero-order valence-corrected chi connectivity index (χ0v) is 18.2. The second-order valence-corrected chi connectivity index (χ2v) is 7.99. The number of hydrogen-bond acceptors (Lipinski definition) is 5. The summed E-state index contributed by atoms with van der Waals surface area (Å²) >= 11 is 0. The van der Waals surface area contributed by atoms with Crippen LogP contribution in [0.3, 0.4) is 0 Å². The van der Waals surface area contributed by atoms with Crippen molar-refractivity contribution in [1.82, 2.24) is 20.1 Å². The number of benzene rings is 1. The van der Waals surface area contributed by atoms with Gasteiger partial charge in [0, 0.05) is 12.7 Å². The molecule has 3 rings (SSSR count). The summed E-state index contributed by atoms with van der Waals surface area (Å²) in [5.41, 5.74) is 0.254. The Morgan fingerprint density at radius 2 is 1.91 bits per heavy atom. The number of alkyl halides is 3. The van der Waals surface area contributed by atoms with E-state index in [0.717, 1.165) is 23.9 Å². The lowest BCUT2D eigenvalue weighted by atomic mass is 9.91. The molecule has 2 aromatic heterocycles. The Morgan fingerprint density at radius 3 is 2.48 bits per heavy atom. The van der Waals surface area contributed by atoms with Gasteiger partial charge in [0.1, 0.15) is 5.69 Å². The summed E-state index contributed by atoms with van der Waals surface area (Å²) in [6.45, 7) is 4.55. The first-order chi connectivity index (χ1) is 15.3. The summed E-state index contributed by atoms with van der Waals surface area (Å²) in [4.78, 5) is 17.6. The molecule has 0 aliphatic carbocycles. The number of nitrogens with one attached hydrogen (secondary N) is 1. The lowest BCUT2D eigenvalue weighted by molar-refractivity contribution is -0.275. The summed E-state index contributed by atoms with van der Waals surface area (Å²) < 4.78 is 56.6. The number of ether oxygens (including phenoxy) is 1. The molecule has 0 bridgehead atoms. The Balaban J connectivity index is 1.95. The maximum atomic E-state index is 14.3. The molecule has 2 heterocycles. The van der Waals surface area contributed by atoms with Crippen molar-refractivity contribution in [3.63, 3.8) is 0 Å². The number of amides is 1. The first kappa shape index (κ1) is 24.2. The van der Waals surface area contributed by atoms with Crippen molar-refractivity contribution in [2.75, 3.05) is 0 Å². The Kier molecular flexibility index (Phi) is 6.46. The van der Waals surface area contributed by atoms with Crippen LogP contribution >= 0.6 is 0 Å². The van der Waals surface area contributed by atoms with E-state index in [2.05, 4.69) is 20.1 Å². The predicted octanol–water partition coefficient (Wildman–Crippen LogP) is 4.07. The molecule has 33 heavy (non-hydrogen) atoms. The minimum Gasteiger partial charge on any atom is -0.403 e. The minimum absolute atomic E-state index is 0.0419. The molecule has 0 unspecified atom stereocenters. The van der Waals surface area contributed by atoms with Crippen molar-refractivity contribution in [3.8, 4) is 17.0 Å². The van der Waals surface area contributed by atoms with Gasteiger partial charge < -0.3 is 15.2 Å². The number of halogens is 4. The largest absolute Gasteiger partial charge is 0.573 e. The molecule has 2 N–H and O–H groups in total. The van der Waals surface area contributed by atoms with Crippen LogP contribution in [0.1, 0.15) is 41.6 Å². The number of aliphatic hydroxyl groups is 1. The van der Waals surface area contributed by atoms with Gasteiger partial charge in [-0.05, 0) is 50.6 Å². The molecule has 0 saturated carbocycles. The van der Waals surface area contributed by atoms with Crippen molar-refractivity contribution >= 4 is 5.91 Å². The average Bonchev–Trinajstić information content (AvgIpc) is 3.07. The van der Waals surface area contributed by atoms with Gasteiger partial charge in [-0.2, -0.15) is 5.10 Å². The van der Waals surface area contributed by atoms with E-state index in [0.29, 0.717) is 11.3 Å². The lowest BCUT2D eigenvalue weighted by Gasteiger charge is -2.31. The fourth-order valence-corrected chi connectivity index (χ4v) is 3.36. The number of rotatable bonds is 6. The molecule has 0 saturated heterocycles. The molecule has 3 aromatic rings. The van der Waals surface area contributed by atoms with E-state index in [1.54, 1.807) is 32.2 Å². The molecule has 0 radical (unpaired) electrons. The number of carbonyl (C=O) groups excluding carboxylic acids is 1. The molecule has 0 aliphatic rings. The number of pyridine rings is 1. The van der Waals surface area contributed by atoms with Crippen molar-refractivity contribution in [1.29, 1.82) is 0 Å². The van der Waals surface area contributed by atoms with Crippen molar-refractivity contribution in [2.24, 2.45) is 7.05 Å². The highest BCUT2D eigenvalue weighted by molar-refractivity contribution is 5.99. The molecule has 176 valence electrons. The number of carbonyl (C=O) groups is 1.